The summed E-state index contributed by atoms with van der Waals surface area (Å²) >= 11 is 0. The van der Waals surface area contributed by atoms with E-state index >= 15 is 0 Å². The van der Waals surface area contributed by atoms with Crippen molar-refractivity contribution in [2.75, 3.05) is 20.3 Å². The first-order valence-corrected chi connectivity index (χ1v) is 6.78. The quantitative estimate of drug-likeness (QED) is 0.670. The van der Waals surface area contributed by atoms with E-state index in [0.29, 0.717) is 32.1 Å². The summed E-state index contributed by atoms with van der Waals surface area (Å²) < 4.78 is 10.7. The fourth-order valence-corrected chi connectivity index (χ4v) is 2.67. The molecule has 18 heavy (non-hydrogen) atoms. The summed E-state index contributed by atoms with van der Waals surface area (Å²) in [5, 5.41) is 12.8. The molecular weight excluding hydrogens is 234 g/mol. The van der Waals surface area contributed by atoms with Crippen molar-refractivity contribution in [3.05, 3.63) is 0 Å². The van der Waals surface area contributed by atoms with Crippen LogP contribution in [0.3, 0.4) is 0 Å². The maximum atomic E-state index is 11.6. The molecule has 0 aromatic carbocycles. The fraction of sp³-hybridized carbons (Fsp3) is 0.923. The van der Waals surface area contributed by atoms with Crippen LogP contribution in [0.2, 0.25) is 0 Å². The van der Waals surface area contributed by atoms with Gasteiger partial charge in [0.05, 0.1) is 19.3 Å². The first kappa shape index (κ1) is 13.8. The van der Waals surface area contributed by atoms with Gasteiger partial charge in [0.1, 0.15) is 5.54 Å². The number of ether oxygens (including phenoxy) is 2. The van der Waals surface area contributed by atoms with Gasteiger partial charge in [0.15, 0.2) is 0 Å². The van der Waals surface area contributed by atoms with E-state index in [2.05, 4.69) is 5.32 Å². The molecule has 0 saturated heterocycles. The lowest BCUT2D eigenvalue weighted by Crippen LogP contribution is -2.57. The summed E-state index contributed by atoms with van der Waals surface area (Å²) in [4.78, 5) is 11.6. The Morgan fingerprint density at radius 3 is 2.78 bits per heavy atom. The summed E-state index contributed by atoms with van der Waals surface area (Å²) in [7, 11) is 1.64. The molecule has 2 atom stereocenters. The molecule has 2 fully saturated rings. The van der Waals surface area contributed by atoms with Gasteiger partial charge in [-0.3, -0.25) is 10.1 Å². The van der Waals surface area contributed by atoms with Gasteiger partial charge in [0, 0.05) is 19.6 Å². The summed E-state index contributed by atoms with van der Waals surface area (Å²) in [6.45, 7) is 1.10. The Hall–Kier alpha value is -0.650. The molecule has 5 heteroatoms. The number of aliphatic carboxylic acids is 1. The Balaban J connectivity index is 1.90. The van der Waals surface area contributed by atoms with Gasteiger partial charge >= 0.3 is 5.97 Å². The van der Waals surface area contributed by atoms with Crippen molar-refractivity contribution in [3.63, 3.8) is 0 Å². The van der Waals surface area contributed by atoms with E-state index in [4.69, 9.17) is 9.47 Å². The molecule has 2 N–H and O–H groups in total. The van der Waals surface area contributed by atoms with E-state index in [-0.39, 0.29) is 6.10 Å². The monoisotopic (exact) mass is 257 g/mol. The third kappa shape index (κ3) is 3.43. The summed E-state index contributed by atoms with van der Waals surface area (Å²) in [5.41, 5.74) is -0.767. The van der Waals surface area contributed by atoms with Crippen molar-refractivity contribution in [1.29, 1.82) is 0 Å². The second-order valence-corrected chi connectivity index (χ2v) is 5.39. The zero-order valence-corrected chi connectivity index (χ0v) is 11.0. The fourth-order valence-electron chi connectivity index (χ4n) is 2.67. The Bertz CT molecular complexity index is 293. The minimum absolute atomic E-state index is 0.0382. The van der Waals surface area contributed by atoms with Crippen LogP contribution in [0.15, 0.2) is 0 Å². The van der Waals surface area contributed by atoms with Crippen LogP contribution in [0.5, 0.6) is 0 Å². The third-order valence-corrected chi connectivity index (χ3v) is 3.81. The Morgan fingerprint density at radius 2 is 2.17 bits per heavy atom. The highest BCUT2D eigenvalue weighted by Crippen LogP contribution is 2.34. The minimum Gasteiger partial charge on any atom is -0.480 e. The first-order chi connectivity index (χ1) is 8.66. The zero-order chi connectivity index (χ0) is 13.0. The average molecular weight is 257 g/mol. The molecule has 0 heterocycles. The third-order valence-electron chi connectivity index (χ3n) is 3.81. The molecule has 0 radical (unpaired) electrons. The highest BCUT2D eigenvalue weighted by Gasteiger charge is 2.46. The molecule has 104 valence electrons. The Morgan fingerprint density at radius 1 is 1.39 bits per heavy atom. The summed E-state index contributed by atoms with van der Waals surface area (Å²) in [6.07, 6.45) is 5.38. The smallest absolute Gasteiger partial charge is 0.324 e. The van der Waals surface area contributed by atoms with Crippen LogP contribution < -0.4 is 5.32 Å². The van der Waals surface area contributed by atoms with Gasteiger partial charge in [-0.15, -0.1) is 0 Å². The topological polar surface area (TPSA) is 67.8 Å². The molecule has 2 aliphatic rings. The number of nitrogens with one attached hydrogen (secondary N) is 1. The molecule has 0 aromatic heterocycles. The van der Waals surface area contributed by atoms with Crippen molar-refractivity contribution in [2.45, 2.75) is 56.2 Å². The Kier molecular flexibility index (Phi) is 4.59. The van der Waals surface area contributed by atoms with Crippen molar-refractivity contribution in [3.8, 4) is 0 Å². The largest absolute Gasteiger partial charge is 0.480 e. The normalized spacial score (nSPS) is 32.4. The molecular formula is C13H23NO4. The van der Waals surface area contributed by atoms with Crippen molar-refractivity contribution in [2.24, 2.45) is 0 Å². The number of hydrogen-bond acceptors (Lipinski definition) is 4. The van der Waals surface area contributed by atoms with Gasteiger partial charge < -0.3 is 14.6 Å². The molecule has 0 aromatic rings. The van der Waals surface area contributed by atoms with Crippen molar-refractivity contribution in [1.82, 2.24) is 5.32 Å². The molecule has 0 amide bonds. The minimum atomic E-state index is -0.767. The predicted octanol–water partition coefficient (Wildman–Crippen LogP) is 1.17. The van der Waals surface area contributed by atoms with E-state index in [0.717, 1.165) is 25.7 Å². The lowest BCUT2D eigenvalue weighted by Gasteiger charge is -2.38. The number of hydrogen-bond donors (Lipinski definition) is 2. The molecule has 0 bridgehead atoms. The van der Waals surface area contributed by atoms with Crippen molar-refractivity contribution >= 4 is 5.97 Å². The van der Waals surface area contributed by atoms with Crippen LogP contribution in [-0.4, -0.2) is 49.1 Å². The summed E-state index contributed by atoms with van der Waals surface area (Å²) in [5.74, 6) is -0.727. The predicted molar refractivity (Wildman–Crippen MR) is 66.6 cm³/mol. The first-order valence-electron chi connectivity index (χ1n) is 6.78. The number of carboxylic acid groups (broad SMARTS) is 1. The van der Waals surface area contributed by atoms with Crippen LogP contribution in [0.25, 0.3) is 0 Å². The Labute approximate surface area is 108 Å². The van der Waals surface area contributed by atoms with Gasteiger partial charge in [-0.25, -0.2) is 0 Å². The van der Waals surface area contributed by atoms with Crippen LogP contribution in [0.1, 0.15) is 38.5 Å². The molecule has 2 saturated carbocycles. The van der Waals surface area contributed by atoms with Gasteiger partial charge in [0.25, 0.3) is 0 Å². The zero-order valence-electron chi connectivity index (χ0n) is 11.0. The average Bonchev–Trinajstić information content (AvgIpc) is 3.13. The number of methoxy groups -OCH3 is 1. The maximum absolute atomic E-state index is 11.6. The number of rotatable bonds is 7. The number of carbonyl (C=O) groups is 1. The highest BCUT2D eigenvalue weighted by molar-refractivity contribution is 5.79. The highest BCUT2D eigenvalue weighted by atomic mass is 16.5. The lowest BCUT2D eigenvalue weighted by molar-refractivity contribution is -0.149. The van der Waals surface area contributed by atoms with E-state index in [1.54, 1.807) is 7.11 Å². The number of carboxylic acids is 1. The van der Waals surface area contributed by atoms with Gasteiger partial charge in [0.2, 0.25) is 0 Å². The van der Waals surface area contributed by atoms with Gasteiger partial charge in [-0.05, 0) is 32.1 Å². The van der Waals surface area contributed by atoms with Crippen LogP contribution in [-0.2, 0) is 14.3 Å². The van der Waals surface area contributed by atoms with E-state index in [9.17, 15) is 9.90 Å². The molecule has 0 aliphatic heterocycles. The van der Waals surface area contributed by atoms with E-state index < -0.39 is 11.5 Å². The van der Waals surface area contributed by atoms with Crippen molar-refractivity contribution < 1.29 is 19.4 Å². The van der Waals surface area contributed by atoms with Crippen LogP contribution in [0, 0.1) is 0 Å². The lowest BCUT2D eigenvalue weighted by atomic mass is 9.80. The maximum Gasteiger partial charge on any atom is 0.324 e. The standard InChI is InChI=1S/C13H23NO4/c1-17-7-8-18-11-3-2-6-13(9-11,12(15)16)14-10-4-5-10/h10-11,14H,2-9H2,1H3,(H,15,16). The van der Waals surface area contributed by atoms with Crippen LogP contribution >= 0.6 is 0 Å². The second-order valence-electron chi connectivity index (χ2n) is 5.39. The van der Waals surface area contributed by atoms with Gasteiger partial charge in [-0.1, -0.05) is 0 Å². The molecule has 0 spiro atoms. The SMILES string of the molecule is COCCOC1CCCC(NC2CC2)(C(=O)O)C1. The molecule has 5 nitrogen and oxygen atoms in total. The van der Waals surface area contributed by atoms with Gasteiger partial charge in [-0.2, -0.15) is 0 Å². The van der Waals surface area contributed by atoms with E-state index in [1.165, 1.54) is 0 Å². The van der Waals surface area contributed by atoms with E-state index in [1.807, 2.05) is 0 Å². The van der Waals surface area contributed by atoms with Crippen LogP contribution in [0.4, 0.5) is 0 Å². The molecule has 2 aliphatic carbocycles. The molecule has 2 unspecified atom stereocenters. The molecule has 2 rings (SSSR count). The summed E-state index contributed by atoms with van der Waals surface area (Å²) in [6, 6.07) is 0.402. The second kappa shape index (κ2) is 5.99.